The zero-order valence-corrected chi connectivity index (χ0v) is 21.0. The van der Waals surface area contributed by atoms with Crippen molar-refractivity contribution in [1.29, 1.82) is 0 Å². The molecule has 0 aromatic heterocycles. The summed E-state index contributed by atoms with van der Waals surface area (Å²) in [6, 6.07) is 0. The van der Waals surface area contributed by atoms with E-state index in [1.54, 1.807) is 26.8 Å². The smallest absolute Gasteiger partial charge is 0.311 e. The van der Waals surface area contributed by atoms with Crippen molar-refractivity contribution in [2.45, 2.75) is 53.4 Å². The molecular weight excluding hydrogens is 452 g/mol. The van der Waals surface area contributed by atoms with Crippen LogP contribution in [0.5, 0.6) is 0 Å². The second-order valence-corrected chi connectivity index (χ2v) is 9.08. The summed E-state index contributed by atoms with van der Waals surface area (Å²) in [4.78, 5) is 44.8. The standard InChI is InChI=1S/C11H18N2O4S.C11H20O4/c1-3-5-6-10(14)12-7-8-13-11(15)9-17-18(16)4-2;1-6-11(4,8(12)13)7-10(2,3)9(14)15-5/h3-4H,1-2,5-9H2,(H,12,14)(H,13,15);6-7H2,1-5H3,(H,12,13). The molecule has 0 radical (unpaired) electrons. The Kier molecular flexibility index (Phi) is 16.8. The van der Waals surface area contributed by atoms with E-state index in [1.165, 1.54) is 7.11 Å². The van der Waals surface area contributed by atoms with Crippen molar-refractivity contribution in [3.8, 4) is 0 Å². The van der Waals surface area contributed by atoms with Crippen LogP contribution in [0.1, 0.15) is 53.4 Å². The summed E-state index contributed by atoms with van der Waals surface area (Å²) in [6.45, 7) is 14.0. The fourth-order valence-corrected chi connectivity index (χ4v) is 2.93. The lowest BCUT2D eigenvalue weighted by Crippen LogP contribution is -2.37. The number of carboxylic acids is 1. The number of carbonyl (C=O) groups is 4. The molecule has 0 spiro atoms. The van der Waals surface area contributed by atoms with Crippen LogP contribution in [0.25, 0.3) is 0 Å². The van der Waals surface area contributed by atoms with E-state index in [9.17, 15) is 23.4 Å². The van der Waals surface area contributed by atoms with Gasteiger partial charge in [0.15, 0.2) is 11.1 Å². The van der Waals surface area contributed by atoms with Crippen molar-refractivity contribution in [2.24, 2.45) is 10.8 Å². The molecule has 0 rings (SSSR count). The Hall–Kier alpha value is -2.53. The van der Waals surface area contributed by atoms with E-state index in [4.69, 9.17) is 5.11 Å². The number of rotatable bonds is 15. The Balaban J connectivity index is 0. The molecule has 190 valence electrons. The first-order valence-electron chi connectivity index (χ1n) is 10.4. The number of hydrogen-bond acceptors (Lipinski definition) is 7. The van der Waals surface area contributed by atoms with Gasteiger partial charge in [-0.1, -0.05) is 19.6 Å². The van der Waals surface area contributed by atoms with Crippen LogP contribution in [-0.4, -0.2) is 59.9 Å². The molecule has 0 saturated carbocycles. The van der Waals surface area contributed by atoms with Gasteiger partial charge in [0.1, 0.15) is 6.61 Å². The molecule has 0 aliphatic rings. The molecule has 10 nitrogen and oxygen atoms in total. The average Bonchev–Trinajstić information content (AvgIpc) is 2.77. The number of carboxylic acid groups (broad SMARTS) is 1. The number of methoxy groups -OCH3 is 1. The quantitative estimate of drug-likeness (QED) is 0.179. The molecule has 0 heterocycles. The first kappa shape index (κ1) is 32.6. The summed E-state index contributed by atoms with van der Waals surface area (Å²) in [5.41, 5.74) is -1.64. The summed E-state index contributed by atoms with van der Waals surface area (Å²) in [7, 11) is 1.31. The maximum atomic E-state index is 11.4. The zero-order chi connectivity index (χ0) is 26.1. The maximum absolute atomic E-state index is 11.4. The highest BCUT2D eigenvalue weighted by atomic mass is 32.2. The second kappa shape index (κ2) is 17.0. The second-order valence-electron chi connectivity index (χ2n) is 7.99. The van der Waals surface area contributed by atoms with E-state index in [0.717, 1.165) is 5.41 Å². The Morgan fingerprint density at radius 1 is 1.06 bits per heavy atom. The summed E-state index contributed by atoms with van der Waals surface area (Å²) in [6.07, 6.45) is 3.44. The molecule has 3 N–H and O–H groups in total. The number of esters is 1. The van der Waals surface area contributed by atoms with Crippen LogP contribution in [0.15, 0.2) is 24.6 Å². The largest absolute Gasteiger partial charge is 0.481 e. The van der Waals surface area contributed by atoms with Gasteiger partial charge in [-0.2, -0.15) is 0 Å². The fraction of sp³-hybridized carbons (Fsp3) is 0.636. The average molecular weight is 491 g/mol. The van der Waals surface area contributed by atoms with E-state index in [1.807, 2.05) is 6.92 Å². The Morgan fingerprint density at radius 2 is 1.61 bits per heavy atom. The van der Waals surface area contributed by atoms with Crippen LogP contribution < -0.4 is 10.6 Å². The molecule has 0 aromatic carbocycles. The van der Waals surface area contributed by atoms with Crippen molar-refractivity contribution in [3.05, 3.63) is 24.6 Å². The molecular formula is C22H38N2O8S. The minimum Gasteiger partial charge on any atom is -0.481 e. The van der Waals surface area contributed by atoms with E-state index in [2.05, 4.69) is 32.7 Å². The van der Waals surface area contributed by atoms with E-state index >= 15 is 0 Å². The van der Waals surface area contributed by atoms with Crippen LogP contribution in [0.4, 0.5) is 0 Å². The number of aliphatic carboxylic acids is 1. The summed E-state index contributed by atoms with van der Waals surface area (Å²) in [5.74, 6) is -1.73. The van der Waals surface area contributed by atoms with Gasteiger partial charge in [-0.25, -0.2) is 4.21 Å². The highest BCUT2D eigenvalue weighted by molar-refractivity contribution is 7.83. The van der Waals surface area contributed by atoms with Gasteiger partial charge in [-0.05, 0) is 40.0 Å². The normalized spacial score (nSPS) is 13.2. The van der Waals surface area contributed by atoms with Crippen molar-refractivity contribution >= 4 is 34.8 Å². The number of amides is 2. The van der Waals surface area contributed by atoms with Gasteiger partial charge in [-0.3, -0.25) is 23.4 Å². The first-order chi connectivity index (χ1) is 15.3. The van der Waals surface area contributed by atoms with E-state index in [-0.39, 0.29) is 24.9 Å². The van der Waals surface area contributed by atoms with Crippen molar-refractivity contribution in [3.63, 3.8) is 0 Å². The fourth-order valence-electron chi connectivity index (χ4n) is 2.61. The SMILES string of the molecule is C=CCCC(=O)NCCNC(=O)COS(=O)C=C.CCC(C)(CC(C)(C)C(=O)OC)C(=O)O. The van der Waals surface area contributed by atoms with Gasteiger partial charge >= 0.3 is 11.9 Å². The molecule has 0 saturated heterocycles. The monoisotopic (exact) mass is 490 g/mol. The molecule has 0 aliphatic carbocycles. The highest BCUT2D eigenvalue weighted by Gasteiger charge is 2.41. The van der Waals surface area contributed by atoms with Crippen LogP contribution in [-0.2, 0) is 39.2 Å². The van der Waals surface area contributed by atoms with Gasteiger partial charge in [-0.15, -0.1) is 6.58 Å². The number of nitrogens with one attached hydrogen (secondary N) is 2. The zero-order valence-electron chi connectivity index (χ0n) is 20.2. The van der Waals surface area contributed by atoms with Crippen molar-refractivity contribution in [2.75, 3.05) is 26.8 Å². The molecule has 0 aromatic rings. The summed E-state index contributed by atoms with van der Waals surface area (Å²) < 4.78 is 20.0. The van der Waals surface area contributed by atoms with Crippen LogP contribution in [0.3, 0.4) is 0 Å². The third kappa shape index (κ3) is 15.0. The Labute approximate surface area is 198 Å². The summed E-state index contributed by atoms with van der Waals surface area (Å²) in [5, 5.41) is 15.3. The lowest BCUT2D eigenvalue weighted by atomic mass is 9.72. The predicted octanol–water partition coefficient (Wildman–Crippen LogP) is 2.09. The molecule has 0 aliphatic heterocycles. The first-order valence-corrected chi connectivity index (χ1v) is 11.6. The van der Waals surface area contributed by atoms with Crippen molar-refractivity contribution < 1.29 is 37.4 Å². The van der Waals surface area contributed by atoms with Gasteiger partial charge in [0.2, 0.25) is 11.8 Å². The molecule has 2 atom stereocenters. The molecule has 11 heteroatoms. The lowest BCUT2D eigenvalue weighted by molar-refractivity contribution is -0.157. The molecule has 0 bridgehead atoms. The van der Waals surface area contributed by atoms with Gasteiger partial charge in [0, 0.05) is 24.9 Å². The van der Waals surface area contributed by atoms with E-state index in [0.29, 0.717) is 32.4 Å². The van der Waals surface area contributed by atoms with Gasteiger partial charge in [0.25, 0.3) is 0 Å². The number of carbonyl (C=O) groups excluding carboxylic acids is 3. The molecule has 0 fully saturated rings. The summed E-state index contributed by atoms with van der Waals surface area (Å²) >= 11 is -1.64. The minimum atomic E-state index is -1.64. The number of hydrogen-bond donors (Lipinski definition) is 3. The maximum Gasteiger partial charge on any atom is 0.311 e. The number of ether oxygens (including phenoxy) is 1. The van der Waals surface area contributed by atoms with Crippen LogP contribution in [0, 0.1) is 10.8 Å². The van der Waals surface area contributed by atoms with E-state index < -0.39 is 33.8 Å². The highest BCUT2D eigenvalue weighted by Crippen LogP contribution is 2.37. The third-order valence-corrected chi connectivity index (χ3v) is 5.28. The lowest BCUT2D eigenvalue weighted by Gasteiger charge is -2.31. The Morgan fingerprint density at radius 3 is 2.03 bits per heavy atom. The predicted molar refractivity (Wildman–Crippen MR) is 126 cm³/mol. The van der Waals surface area contributed by atoms with Gasteiger partial charge in [0.05, 0.1) is 17.9 Å². The molecule has 33 heavy (non-hydrogen) atoms. The van der Waals surface area contributed by atoms with Crippen molar-refractivity contribution in [1.82, 2.24) is 10.6 Å². The topological polar surface area (TPSA) is 148 Å². The van der Waals surface area contributed by atoms with Crippen LogP contribution in [0.2, 0.25) is 0 Å². The Bertz CT molecular complexity index is 709. The minimum absolute atomic E-state index is 0.0897. The third-order valence-electron chi connectivity index (χ3n) is 4.65. The molecule has 2 amide bonds. The molecule has 2 unspecified atom stereocenters. The van der Waals surface area contributed by atoms with Crippen LogP contribution >= 0.6 is 0 Å². The number of allylic oxidation sites excluding steroid dienone is 1. The van der Waals surface area contributed by atoms with Gasteiger partial charge < -0.3 is 20.5 Å².